The first-order valence-corrected chi connectivity index (χ1v) is 4.87. The third-order valence-corrected chi connectivity index (χ3v) is 1.57. The van der Waals surface area contributed by atoms with Gasteiger partial charge in [-0.15, -0.1) is 0 Å². The fourth-order valence-corrected chi connectivity index (χ4v) is 1.36. The second-order valence-corrected chi connectivity index (χ2v) is 4.03. The standard InChI is InChI=1S/C12H22O/c1-9(2)7-11(5)13-12(6)8-10(3)4/h7-8,11-12H,1-6H3. The summed E-state index contributed by atoms with van der Waals surface area (Å²) >= 11 is 0. The lowest BCUT2D eigenvalue weighted by atomic mass is 10.2. The summed E-state index contributed by atoms with van der Waals surface area (Å²) in [6.07, 6.45) is 4.68. The van der Waals surface area contributed by atoms with E-state index in [1.54, 1.807) is 0 Å². The first kappa shape index (κ1) is 12.4. The second-order valence-electron chi connectivity index (χ2n) is 4.03. The van der Waals surface area contributed by atoms with Crippen LogP contribution in [0.25, 0.3) is 0 Å². The van der Waals surface area contributed by atoms with Crippen molar-refractivity contribution < 1.29 is 4.74 Å². The summed E-state index contributed by atoms with van der Waals surface area (Å²) < 4.78 is 5.72. The van der Waals surface area contributed by atoms with Crippen molar-refractivity contribution in [2.45, 2.75) is 53.8 Å². The van der Waals surface area contributed by atoms with E-state index in [1.807, 2.05) is 0 Å². The van der Waals surface area contributed by atoms with Gasteiger partial charge in [0.25, 0.3) is 0 Å². The van der Waals surface area contributed by atoms with Gasteiger partial charge >= 0.3 is 0 Å². The molecule has 0 fully saturated rings. The van der Waals surface area contributed by atoms with Gasteiger partial charge < -0.3 is 4.74 Å². The van der Waals surface area contributed by atoms with Crippen LogP contribution in [0.4, 0.5) is 0 Å². The molecule has 0 aliphatic carbocycles. The maximum Gasteiger partial charge on any atom is 0.0738 e. The minimum atomic E-state index is 0.204. The monoisotopic (exact) mass is 182 g/mol. The van der Waals surface area contributed by atoms with Gasteiger partial charge in [-0.3, -0.25) is 0 Å². The summed E-state index contributed by atoms with van der Waals surface area (Å²) in [6.45, 7) is 12.5. The zero-order chi connectivity index (χ0) is 10.4. The summed E-state index contributed by atoms with van der Waals surface area (Å²) in [5.74, 6) is 0. The summed E-state index contributed by atoms with van der Waals surface area (Å²) in [4.78, 5) is 0. The van der Waals surface area contributed by atoms with E-state index in [1.165, 1.54) is 11.1 Å². The van der Waals surface area contributed by atoms with E-state index in [0.717, 1.165) is 0 Å². The highest BCUT2D eigenvalue weighted by molar-refractivity contribution is 5.00. The molecule has 0 N–H and O–H groups in total. The van der Waals surface area contributed by atoms with E-state index in [2.05, 4.69) is 53.7 Å². The van der Waals surface area contributed by atoms with E-state index < -0.39 is 0 Å². The van der Waals surface area contributed by atoms with E-state index in [-0.39, 0.29) is 12.2 Å². The Morgan fingerprint density at radius 3 is 1.38 bits per heavy atom. The third kappa shape index (κ3) is 7.79. The molecule has 0 rings (SSSR count). The third-order valence-electron chi connectivity index (χ3n) is 1.57. The SMILES string of the molecule is CC(C)=CC(C)OC(C)C=C(C)C. The largest absolute Gasteiger partial charge is 0.367 e. The number of rotatable bonds is 4. The van der Waals surface area contributed by atoms with E-state index >= 15 is 0 Å². The normalized spacial score (nSPS) is 14.6. The molecule has 0 saturated heterocycles. The van der Waals surface area contributed by atoms with Gasteiger partial charge in [0.15, 0.2) is 0 Å². The molecule has 0 spiro atoms. The Labute approximate surface area is 82.5 Å². The van der Waals surface area contributed by atoms with Crippen molar-refractivity contribution in [2.75, 3.05) is 0 Å². The van der Waals surface area contributed by atoms with Gasteiger partial charge in [-0.2, -0.15) is 0 Å². The Bertz CT molecular complexity index is 171. The molecule has 1 nitrogen and oxygen atoms in total. The molecule has 13 heavy (non-hydrogen) atoms. The summed E-state index contributed by atoms with van der Waals surface area (Å²) in [5, 5.41) is 0. The van der Waals surface area contributed by atoms with Crippen molar-refractivity contribution >= 4 is 0 Å². The van der Waals surface area contributed by atoms with E-state index in [4.69, 9.17) is 4.74 Å². The van der Waals surface area contributed by atoms with E-state index in [0.29, 0.717) is 0 Å². The number of ether oxygens (including phenoxy) is 1. The zero-order valence-corrected chi connectivity index (χ0v) is 9.72. The lowest BCUT2D eigenvalue weighted by Crippen LogP contribution is -2.13. The van der Waals surface area contributed by atoms with Crippen LogP contribution in [-0.2, 0) is 4.74 Å². The van der Waals surface area contributed by atoms with Crippen LogP contribution in [0.15, 0.2) is 23.3 Å². The molecular formula is C12H22O. The van der Waals surface area contributed by atoms with Crippen molar-refractivity contribution in [3.05, 3.63) is 23.3 Å². The van der Waals surface area contributed by atoms with E-state index in [9.17, 15) is 0 Å². The van der Waals surface area contributed by atoms with Crippen molar-refractivity contribution in [1.29, 1.82) is 0 Å². The van der Waals surface area contributed by atoms with Crippen LogP contribution >= 0.6 is 0 Å². The Morgan fingerprint density at radius 2 is 1.15 bits per heavy atom. The highest BCUT2D eigenvalue weighted by Gasteiger charge is 2.02. The number of allylic oxidation sites excluding steroid dienone is 2. The molecule has 1 heteroatoms. The summed E-state index contributed by atoms with van der Waals surface area (Å²) in [7, 11) is 0. The van der Waals surface area contributed by atoms with Gasteiger partial charge in [0.2, 0.25) is 0 Å². The molecule has 0 aliphatic rings. The van der Waals surface area contributed by atoms with Crippen LogP contribution in [0, 0.1) is 0 Å². The van der Waals surface area contributed by atoms with Crippen LogP contribution < -0.4 is 0 Å². The molecule has 2 atom stereocenters. The second kappa shape index (κ2) is 5.98. The molecule has 0 aromatic heterocycles. The first-order chi connectivity index (χ1) is 5.91. The van der Waals surface area contributed by atoms with Gasteiger partial charge in [-0.1, -0.05) is 23.3 Å². The maximum absolute atomic E-state index is 5.72. The van der Waals surface area contributed by atoms with Crippen molar-refractivity contribution in [3.8, 4) is 0 Å². The molecule has 76 valence electrons. The average molecular weight is 182 g/mol. The fraction of sp³-hybridized carbons (Fsp3) is 0.667. The molecule has 0 radical (unpaired) electrons. The molecule has 0 bridgehead atoms. The highest BCUT2D eigenvalue weighted by atomic mass is 16.5. The lowest BCUT2D eigenvalue weighted by molar-refractivity contribution is 0.0622. The summed E-state index contributed by atoms with van der Waals surface area (Å²) in [6, 6.07) is 0. The number of hydrogen-bond donors (Lipinski definition) is 0. The summed E-state index contributed by atoms with van der Waals surface area (Å²) in [5.41, 5.74) is 2.61. The Kier molecular flexibility index (Phi) is 5.72. The minimum absolute atomic E-state index is 0.204. The zero-order valence-electron chi connectivity index (χ0n) is 9.72. The lowest BCUT2D eigenvalue weighted by Gasteiger charge is -2.14. The van der Waals surface area contributed by atoms with Crippen molar-refractivity contribution in [3.63, 3.8) is 0 Å². The predicted molar refractivity (Wildman–Crippen MR) is 58.9 cm³/mol. The minimum Gasteiger partial charge on any atom is -0.367 e. The van der Waals surface area contributed by atoms with Gasteiger partial charge in [0.1, 0.15) is 0 Å². The van der Waals surface area contributed by atoms with Gasteiger partial charge in [0, 0.05) is 0 Å². The molecule has 0 amide bonds. The molecular weight excluding hydrogens is 160 g/mol. The molecule has 0 aromatic rings. The smallest absolute Gasteiger partial charge is 0.0738 e. The molecule has 0 saturated carbocycles. The number of hydrogen-bond acceptors (Lipinski definition) is 1. The maximum atomic E-state index is 5.72. The molecule has 0 heterocycles. The van der Waals surface area contributed by atoms with Crippen LogP contribution in [-0.4, -0.2) is 12.2 Å². The van der Waals surface area contributed by atoms with Gasteiger partial charge in [0.05, 0.1) is 12.2 Å². The van der Waals surface area contributed by atoms with Gasteiger partial charge in [-0.05, 0) is 41.5 Å². The van der Waals surface area contributed by atoms with Gasteiger partial charge in [-0.25, -0.2) is 0 Å². The van der Waals surface area contributed by atoms with Crippen LogP contribution in [0.5, 0.6) is 0 Å². The fourth-order valence-electron chi connectivity index (χ4n) is 1.36. The highest BCUT2D eigenvalue weighted by Crippen LogP contribution is 2.05. The first-order valence-electron chi connectivity index (χ1n) is 4.87. The molecule has 0 aromatic carbocycles. The average Bonchev–Trinajstić information content (AvgIpc) is 1.80. The topological polar surface area (TPSA) is 9.23 Å². The predicted octanol–water partition coefficient (Wildman–Crippen LogP) is 3.71. The Morgan fingerprint density at radius 1 is 0.846 bits per heavy atom. The molecule has 0 aliphatic heterocycles. The quantitative estimate of drug-likeness (QED) is 0.602. The van der Waals surface area contributed by atoms with Crippen LogP contribution in [0.3, 0.4) is 0 Å². The van der Waals surface area contributed by atoms with Crippen LogP contribution in [0.1, 0.15) is 41.5 Å². The Balaban J connectivity index is 3.99. The molecule has 2 unspecified atom stereocenters. The van der Waals surface area contributed by atoms with Crippen molar-refractivity contribution in [1.82, 2.24) is 0 Å². The van der Waals surface area contributed by atoms with Crippen LogP contribution in [0.2, 0.25) is 0 Å². The Hall–Kier alpha value is -0.560. The van der Waals surface area contributed by atoms with Crippen molar-refractivity contribution in [2.24, 2.45) is 0 Å².